The topological polar surface area (TPSA) is 40.2 Å². The summed E-state index contributed by atoms with van der Waals surface area (Å²) in [7, 11) is 3.82. The molecule has 1 aromatic carbocycles. The predicted molar refractivity (Wildman–Crippen MR) is 74.1 cm³/mol. The first-order valence-corrected chi connectivity index (χ1v) is 6.54. The minimum atomic E-state index is 0.148. The van der Waals surface area contributed by atoms with Crippen LogP contribution in [0.25, 0.3) is 10.9 Å². The maximum atomic E-state index is 6.01. The van der Waals surface area contributed by atoms with Gasteiger partial charge in [-0.05, 0) is 25.0 Å². The summed E-state index contributed by atoms with van der Waals surface area (Å²) in [6, 6.07) is 6.51. The lowest BCUT2D eigenvalue weighted by atomic mass is 9.64. The Morgan fingerprint density at radius 2 is 2.11 bits per heavy atom. The molecule has 2 aromatic rings. The van der Waals surface area contributed by atoms with Crippen molar-refractivity contribution >= 4 is 10.9 Å². The molecule has 1 heterocycles. The zero-order valence-electron chi connectivity index (χ0n) is 11.1. The van der Waals surface area contributed by atoms with Crippen molar-refractivity contribution in [3.8, 4) is 5.75 Å². The standard InChI is InChI=1S/C15H20N2O/c1-17-9-6-11-13(17)5-4-12(14(11)18-2)15(10-16)7-3-8-15/h4-6,9H,3,7-8,10,16H2,1-2H3. The summed E-state index contributed by atoms with van der Waals surface area (Å²) >= 11 is 0. The summed E-state index contributed by atoms with van der Waals surface area (Å²) in [6.45, 7) is 0.710. The largest absolute Gasteiger partial charge is 0.496 e. The molecular formula is C15H20N2O. The van der Waals surface area contributed by atoms with Crippen molar-refractivity contribution in [2.45, 2.75) is 24.7 Å². The van der Waals surface area contributed by atoms with E-state index in [4.69, 9.17) is 10.5 Å². The van der Waals surface area contributed by atoms with E-state index in [2.05, 4.69) is 36.0 Å². The Bertz CT molecular complexity index is 576. The molecule has 1 saturated carbocycles. The van der Waals surface area contributed by atoms with Crippen molar-refractivity contribution in [2.75, 3.05) is 13.7 Å². The fourth-order valence-corrected chi connectivity index (χ4v) is 3.15. The minimum Gasteiger partial charge on any atom is -0.496 e. The highest BCUT2D eigenvalue weighted by Gasteiger charge is 2.39. The Morgan fingerprint density at radius 3 is 2.67 bits per heavy atom. The molecule has 0 atom stereocenters. The van der Waals surface area contributed by atoms with E-state index in [1.807, 2.05) is 0 Å². The molecule has 0 amide bonds. The number of fused-ring (bicyclic) bond motifs is 1. The van der Waals surface area contributed by atoms with Gasteiger partial charge in [-0.25, -0.2) is 0 Å². The van der Waals surface area contributed by atoms with Gasteiger partial charge in [-0.2, -0.15) is 0 Å². The molecule has 1 aromatic heterocycles. The van der Waals surface area contributed by atoms with Crippen LogP contribution in [0.5, 0.6) is 5.75 Å². The lowest BCUT2D eigenvalue weighted by Crippen LogP contribution is -2.41. The van der Waals surface area contributed by atoms with Crippen LogP contribution in [0.3, 0.4) is 0 Å². The van der Waals surface area contributed by atoms with Crippen LogP contribution in [0.1, 0.15) is 24.8 Å². The quantitative estimate of drug-likeness (QED) is 0.901. The molecule has 3 heteroatoms. The Hall–Kier alpha value is -1.48. The lowest BCUT2D eigenvalue weighted by Gasteiger charge is -2.42. The van der Waals surface area contributed by atoms with Crippen LogP contribution in [-0.4, -0.2) is 18.2 Å². The van der Waals surface area contributed by atoms with Gasteiger partial charge in [-0.15, -0.1) is 0 Å². The maximum Gasteiger partial charge on any atom is 0.132 e. The van der Waals surface area contributed by atoms with Gasteiger partial charge in [-0.3, -0.25) is 0 Å². The fourth-order valence-electron chi connectivity index (χ4n) is 3.15. The third-order valence-electron chi connectivity index (χ3n) is 4.49. The van der Waals surface area contributed by atoms with Gasteiger partial charge < -0.3 is 15.0 Å². The monoisotopic (exact) mass is 244 g/mol. The van der Waals surface area contributed by atoms with Crippen molar-refractivity contribution in [1.29, 1.82) is 0 Å². The van der Waals surface area contributed by atoms with Gasteiger partial charge in [0.15, 0.2) is 0 Å². The van der Waals surface area contributed by atoms with E-state index in [1.165, 1.54) is 35.7 Å². The van der Waals surface area contributed by atoms with Crippen LogP contribution in [0.2, 0.25) is 0 Å². The second-order valence-corrected chi connectivity index (χ2v) is 5.34. The smallest absolute Gasteiger partial charge is 0.132 e. The van der Waals surface area contributed by atoms with Crippen LogP contribution in [0.4, 0.5) is 0 Å². The highest BCUT2D eigenvalue weighted by atomic mass is 16.5. The van der Waals surface area contributed by atoms with Crippen molar-refractivity contribution < 1.29 is 4.74 Å². The van der Waals surface area contributed by atoms with Gasteiger partial charge in [0.2, 0.25) is 0 Å². The molecule has 0 saturated heterocycles. The highest BCUT2D eigenvalue weighted by Crippen LogP contribution is 2.48. The molecule has 3 nitrogen and oxygen atoms in total. The SMILES string of the molecule is COc1c(C2(CN)CCC2)ccc2c1ccn2C. The summed E-state index contributed by atoms with van der Waals surface area (Å²) < 4.78 is 7.81. The predicted octanol–water partition coefficient (Wildman–Crippen LogP) is 2.57. The fraction of sp³-hybridized carbons (Fsp3) is 0.467. The van der Waals surface area contributed by atoms with Crippen LogP contribution in [0.15, 0.2) is 24.4 Å². The molecular weight excluding hydrogens is 224 g/mol. The normalized spacial score (nSPS) is 17.7. The zero-order chi connectivity index (χ0) is 12.8. The molecule has 1 aliphatic carbocycles. The molecule has 3 rings (SSSR count). The van der Waals surface area contributed by atoms with E-state index in [9.17, 15) is 0 Å². The second-order valence-electron chi connectivity index (χ2n) is 5.34. The van der Waals surface area contributed by atoms with Crippen molar-refractivity contribution in [3.63, 3.8) is 0 Å². The van der Waals surface area contributed by atoms with Gasteiger partial charge in [0, 0.05) is 36.2 Å². The first-order valence-electron chi connectivity index (χ1n) is 6.54. The lowest BCUT2D eigenvalue weighted by molar-refractivity contribution is 0.244. The average Bonchev–Trinajstić information content (AvgIpc) is 2.70. The average molecular weight is 244 g/mol. The highest BCUT2D eigenvalue weighted by molar-refractivity contribution is 5.88. The molecule has 2 N–H and O–H groups in total. The maximum absolute atomic E-state index is 6.01. The van der Waals surface area contributed by atoms with Gasteiger partial charge in [-0.1, -0.05) is 12.5 Å². The van der Waals surface area contributed by atoms with Crippen molar-refractivity contribution in [3.05, 3.63) is 30.0 Å². The third kappa shape index (κ3) is 1.40. The molecule has 0 radical (unpaired) electrons. The van der Waals surface area contributed by atoms with Gasteiger partial charge in [0.25, 0.3) is 0 Å². The first-order chi connectivity index (χ1) is 8.72. The first kappa shape index (κ1) is 11.6. The van der Waals surface area contributed by atoms with E-state index < -0.39 is 0 Å². The van der Waals surface area contributed by atoms with E-state index in [1.54, 1.807) is 7.11 Å². The molecule has 0 aliphatic heterocycles. The van der Waals surface area contributed by atoms with Crippen LogP contribution >= 0.6 is 0 Å². The molecule has 1 fully saturated rings. The zero-order valence-corrected chi connectivity index (χ0v) is 11.1. The molecule has 0 spiro atoms. The minimum absolute atomic E-state index is 0.148. The second kappa shape index (κ2) is 4.02. The summed E-state index contributed by atoms with van der Waals surface area (Å²) in [5.41, 5.74) is 8.66. The summed E-state index contributed by atoms with van der Waals surface area (Å²) in [5.74, 6) is 1.01. The number of ether oxygens (including phenoxy) is 1. The van der Waals surface area contributed by atoms with Gasteiger partial charge in [0.1, 0.15) is 5.75 Å². The number of methoxy groups -OCH3 is 1. The Balaban J connectivity index is 2.23. The molecule has 18 heavy (non-hydrogen) atoms. The molecule has 0 unspecified atom stereocenters. The van der Waals surface area contributed by atoms with Gasteiger partial charge in [0.05, 0.1) is 12.6 Å². The van der Waals surface area contributed by atoms with Crippen LogP contribution in [0, 0.1) is 0 Å². The van der Waals surface area contributed by atoms with E-state index in [-0.39, 0.29) is 5.41 Å². The number of aromatic nitrogens is 1. The molecule has 1 aliphatic rings. The van der Waals surface area contributed by atoms with E-state index in [0.29, 0.717) is 6.54 Å². The van der Waals surface area contributed by atoms with E-state index in [0.717, 1.165) is 5.75 Å². The summed E-state index contributed by atoms with van der Waals surface area (Å²) in [6.07, 6.45) is 5.70. The number of benzene rings is 1. The van der Waals surface area contributed by atoms with Crippen LogP contribution in [-0.2, 0) is 12.5 Å². The summed E-state index contributed by atoms with van der Waals surface area (Å²) in [4.78, 5) is 0. The van der Waals surface area contributed by atoms with Crippen molar-refractivity contribution in [2.24, 2.45) is 12.8 Å². The number of nitrogens with two attached hydrogens (primary N) is 1. The number of hydrogen-bond donors (Lipinski definition) is 1. The van der Waals surface area contributed by atoms with Gasteiger partial charge >= 0.3 is 0 Å². The van der Waals surface area contributed by atoms with Crippen molar-refractivity contribution in [1.82, 2.24) is 4.57 Å². The molecule has 0 bridgehead atoms. The van der Waals surface area contributed by atoms with E-state index >= 15 is 0 Å². The number of nitrogens with zero attached hydrogens (tertiary/aromatic N) is 1. The summed E-state index contributed by atoms with van der Waals surface area (Å²) in [5, 5.41) is 1.19. The Labute approximate surface area is 108 Å². The van der Waals surface area contributed by atoms with Crippen LogP contribution < -0.4 is 10.5 Å². The molecule has 96 valence electrons. The third-order valence-corrected chi connectivity index (χ3v) is 4.49. The number of hydrogen-bond acceptors (Lipinski definition) is 2. The number of rotatable bonds is 3. The Morgan fingerprint density at radius 1 is 1.33 bits per heavy atom. The Kier molecular flexibility index (Phi) is 2.59. The number of aryl methyl sites for hydroxylation is 1.